The second-order valence-corrected chi connectivity index (χ2v) is 7.81. The molecule has 0 amide bonds. The van der Waals surface area contributed by atoms with Gasteiger partial charge in [0.2, 0.25) is 0 Å². The molecule has 3 aromatic carbocycles. The molecular formula is C21H17Cl4NO3. The highest BCUT2D eigenvalue weighted by Crippen LogP contribution is 2.36. The van der Waals surface area contributed by atoms with E-state index in [1.807, 2.05) is 18.2 Å². The first-order chi connectivity index (χ1) is 13.9. The number of benzene rings is 3. The molecule has 0 heterocycles. The molecule has 0 saturated carbocycles. The van der Waals surface area contributed by atoms with Crippen LogP contribution < -0.4 is 14.8 Å². The molecule has 29 heavy (non-hydrogen) atoms. The molecule has 152 valence electrons. The highest BCUT2D eigenvalue weighted by atomic mass is 35.5. The van der Waals surface area contributed by atoms with E-state index in [0.717, 1.165) is 11.1 Å². The van der Waals surface area contributed by atoms with Gasteiger partial charge < -0.3 is 19.9 Å². The van der Waals surface area contributed by atoms with Crippen LogP contribution in [0.5, 0.6) is 17.2 Å². The van der Waals surface area contributed by atoms with Crippen LogP contribution in [0.3, 0.4) is 0 Å². The van der Waals surface area contributed by atoms with E-state index in [0.29, 0.717) is 40.4 Å². The fourth-order valence-electron chi connectivity index (χ4n) is 2.64. The van der Waals surface area contributed by atoms with Gasteiger partial charge in [0.15, 0.2) is 17.2 Å². The highest BCUT2D eigenvalue weighted by Gasteiger charge is 2.12. The zero-order chi connectivity index (χ0) is 21.0. The number of rotatable bonds is 7. The zero-order valence-corrected chi connectivity index (χ0v) is 18.3. The Hall–Kier alpha value is -1.98. The van der Waals surface area contributed by atoms with Crippen molar-refractivity contribution < 1.29 is 14.6 Å². The Morgan fingerprint density at radius 3 is 2.28 bits per heavy atom. The van der Waals surface area contributed by atoms with Crippen LogP contribution >= 0.6 is 46.4 Å². The number of phenols is 1. The van der Waals surface area contributed by atoms with Crippen LogP contribution in [0.1, 0.15) is 11.1 Å². The molecule has 3 aromatic rings. The van der Waals surface area contributed by atoms with Crippen LogP contribution in [0.25, 0.3) is 0 Å². The zero-order valence-electron chi connectivity index (χ0n) is 15.3. The summed E-state index contributed by atoms with van der Waals surface area (Å²) in [7, 11) is 1.56. The molecule has 0 fully saturated rings. The number of aromatic hydroxyl groups is 1. The molecule has 0 unspecified atom stereocenters. The minimum absolute atomic E-state index is 0.153. The lowest BCUT2D eigenvalue weighted by atomic mass is 10.2. The lowest BCUT2D eigenvalue weighted by Crippen LogP contribution is -2.03. The average Bonchev–Trinajstić information content (AvgIpc) is 2.69. The van der Waals surface area contributed by atoms with Crippen LogP contribution in [-0.2, 0) is 13.2 Å². The second kappa shape index (κ2) is 9.68. The summed E-state index contributed by atoms with van der Waals surface area (Å²) < 4.78 is 11.3. The third kappa shape index (κ3) is 5.55. The van der Waals surface area contributed by atoms with E-state index in [4.69, 9.17) is 55.9 Å². The van der Waals surface area contributed by atoms with Crippen molar-refractivity contribution in [2.75, 3.05) is 12.4 Å². The summed E-state index contributed by atoms with van der Waals surface area (Å²) in [6.07, 6.45) is 0. The SMILES string of the molecule is COc1cc(CNc2cc(Cl)c(O)c(Cl)c2)c(Cl)cc1OCc1cccc(Cl)c1. The molecule has 0 aliphatic carbocycles. The quantitative estimate of drug-likeness (QED) is 0.357. The van der Waals surface area contributed by atoms with Gasteiger partial charge in [-0.2, -0.15) is 0 Å². The van der Waals surface area contributed by atoms with E-state index in [9.17, 15) is 5.11 Å². The molecule has 2 N–H and O–H groups in total. The van der Waals surface area contributed by atoms with E-state index >= 15 is 0 Å². The maximum Gasteiger partial charge on any atom is 0.163 e. The number of anilines is 1. The number of ether oxygens (including phenoxy) is 2. The van der Waals surface area contributed by atoms with Gasteiger partial charge >= 0.3 is 0 Å². The third-order valence-electron chi connectivity index (χ3n) is 4.12. The summed E-state index contributed by atoms with van der Waals surface area (Å²) in [5.41, 5.74) is 2.37. The monoisotopic (exact) mass is 471 g/mol. The number of methoxy groups -OCH3 is 1. The third-order valence-corrected chi connectivity index (χ3v) is 5.28. The smallest absolute Gasteiger partial charge is 0.163 e. The van der Waals surface area contributed by atoms with Crippen LogP contribution in [0, 0.1) is 0 Å². The Bertz CT molecular complexity index is 1000. The summed E-state index contributed by atoms with van der Waals surface area (Å²) in [6, 6.07) is 14.1. The molecule has 0 aliphatic heterocycles. The first kappa shape index (κ1) is 21.7. The summed E-state index contributed by atoms with van der Waals surface area (Å²) in [6.45, 7) is 0.719. The topological polar surface area (TPSA) is 50.7 Å². The van der Waals surface area contributed by atoms with Crippen LogP contribution in [0.4, 0.5) is 5.69 Å². The summed E-state index contributed by atoms with van der Waals surface area (Å²) >= 11 is 24.3. The number of nitrogens with one attached hydrogen (secondary N) is 1. The fraction of sp³-hybridized carbons (Fsp3) is 0.143. The van der Waals surface area contributed by atoms with Gasteiger partial charge in [0.1, 0.15) is 6.61 Å². The van der Waals surface area contributed by atoms with Crippen molar-refractivity contribution in [3.63, 3.8) is 0 Å². The van der Waals surface area contributed by atoms with Crippen molar-refractivity contribution in [3.05, 3.63) is 79.7 Å². The normalized spacial score (nSPS) is 10.7. The van der Waals surface area contributed by atoms with Crippen molar-refractivity contribution in [3.8, 4) is 17.2 Å². The van der Waals surface area contributed by atoms with Gasteiger partial charge in [0, 0.05) is 28.3 Å². The molecular weight excluding hydrogens is 456 g/mol. The molecule has 8 heteroatoms. The van der Waals surface area contributed by atoms with Crippen molar-refractivity contribution in [1.29, 1.82) is 0 Å². The molecule has 0 aliphatic rings. The molecule has 0 radical (unpaired) electrons. The Morgan fingerprint density at radius 1 is 0.897 bits per heavy atom. The second-order valence-electron chi connectivity index (χ2n) is 6.16. The Kier molecular flexibility index (Phi) is 7.25. The van der Waals surface area contributed by atoms with Gasteiger partial charge in [-0.1, -0.05) is 58.5 Å². The first-order valence-electron chi connectivity index (χ1n) is 8.53. The van der Waals surface area contributed by atoms with Gasteiger partial charge in [0.05, 0.1) is 17.2 Å². The lowest BCUT2D eigenvalue weighted by Gasteiger charge is -2.15. The molecule has 0 atom stereocenters. The van der Waals surface area contributed by atoms with Crippen molar-refractivity contribution in [1.82, 2.24) is 0 Å². The standard InChI is InChI=1S/C21H17Cl4NO3/c1-28-19-6-13(10-26-15-7-17(24)21(27)18(25)8-15)16(23)9-20(19)29-11-12-3-2-4-14(22)5-12/h2-9,26-27H,10-11H2,1H3. The predicted octanol–water partition coefficient (Wildman–Crippen LogP) is 7.21. The maximum atomic E-state index is 9.66. The van der Waals surface area contributed by atoms with Gasteiger partial charge in [0.25, 0.3) is 0 Å². The minimum Gasteiger partial charge on any atom is -0.505 e. The van der Waals surface area contributed by atoms with E-state index in [1.165, 1.54) is 0 Å². The Morgan fingerprint density at radius 2 is 1.62 bits per heavy atom. The summed E-state index contributed by atoms with van der Waals surface area (Å²) in [5.74, 6) is 0.923. The summed E-state index contributed by atoms with van der Waals surface area (Å²) in [4.78, 5) is 0. The molecule has 0 spiro atoms. The van der Waals surface area contributed by atoms with Crippen LogP contribution in [0.15, 0.2) is 48.5 Å². The molecule has 4 nitrogen and oxygen atoms in total. The summed E-state index contributed by atoms with van der Waals surface area (Å²) in [5, 5.41) is 14.3. The Balaban J connectivity index is 1.74. The first-order valence-corrected chi connectivity index (χ1v) is 10.0. The average molecular weight is 473 g/mol. The van der Waals surface area contributed by atoms with Gasteiger partial charge in [-0.3, -0.25) is 0 Å². The fourth-order valence-corrected chi connectivity index (χ4v) is 3.56. The number of halogens is 4. The molecule has 0 saturated heterocycles. The molecule has 3 rings (SSSR count). The minimum atomic E-state index is -0.153. The Labute approximate surface area is 188 Å². The predicted molar refractivity (Wildman–Crippen MR) is 119 cm³/mol. The number of hydrogen-bond donors (Lipinski definition) is 2. The highest BCUT2D eigenvalue weighted by molar-refractivity contribution is 6.37. The van der Waals surface area contributed by atoms with Crippen molar-refractivity contribution >= 4 is 52.1 Å². The van der Waals surface area contributed by atoms with Crippen molar-refractivity contribution in [2.45, 2.75) is 13.2 Å². The van der Waals surface area contributed by atoms with Gasteiger partial charge in [-0.25, -0.2) is 0 Å². The number of hydrogen-bond acceptors (Lipinski definition) is 4. The largest absolute Gasteiger partial charge is 0.505 e. The lowest BCUT2D eigenvalue weighted by molar-refractivity contribution is 0.284. The van der Waals surface area contributed by atoms with Gasteiger partial charge in [-0.05, 0) is 41.5 Å². The maximum absolute atomic E-state index is 9.66. The van der Waals surface area contributed by atoms with E-state index in [1.54, 1.807) is 37.4 Å². The van der Waals surface area contributed by atoms with Crippen LogP contribution in [0.2, 0.25) is 20.1 Å². The van der Waals surface area contributed by atoms with E-state index in [2.05, 4.69) is 5.32 Å². The van der Waals surface area contributed by atoms with E-state index < -0.39 is 0 Å². The van der Waals surface area contributed by atoms with E-state index in [-0.39, 0.29) is 15.8 Å². The molecule has 0 bridgehead atoms. The number of phenolic OH excluding ortho intramolecular Hbond substituents is 1. The van der Waals surface area contributed by atoms with Crippen LogP contribution in [-0.4, -0.2) is 12.2 Å². The molecule has 0 aromatic heterocycles. The van der Waals surface area contributed by atoms with Crippen molar-refractivity contribution in [2.24, 2.45) is 0 Å². The van der Waals surface area contributed by atoms with Gasteiger partial charge in [-0.15, -0.1) is 0 Å².